The van der Waals surface area contributed by atoms with Crippen LogP contribution in [0.3, 0.4) is 0 Å². The van der Waals surface area contributed by atoms with Crippen molar-refractivity contribution in [3.05, 3.63) is 65.5 Å². The minimum Gasteiger partial charge on any atom is -0.362 e. The fourth-order valence-corrected chi connectivity index (χ4v) is 3.81. The maximum Gasteiger partial charge on any atom is 0.308 e. The molecule has 0 spiro atoms. The van der Waals surface area contributed by atoms with Crippen molar-refractivity contribution >= 4 is 23.1 Å². The molecule has 0 aromatic carbocycles. The highest BCUT2D eigenvalue weighted by molar-refractivity contribution is 5.93. The molecule has 0 fully saturated rings. The molecule has 0 saturated heterocycles. The summed E-state index contributed by atoms with van der Waals surface area (Å²) in [4.78, 5) is 28.8. The van der Waals surface area contributed by atoms with Crippen LogP contribution < -0.4 is 15.6 Å². The number of imidazole rings is 2. The van der Waals surface area contributed by atoms with E-state index in [0.717, 1.165) is 16.9 Å². The van der Waals surface area contributed by atoms with Gasteiger partial charge in [0.05, 0.1) is 11.9 Å². The molecule has 4 heterocycles. The fourth-order valence-electron chi connectivity index (χ4n) is 3.81. The lowest BCUT2D eigenvalue weighted by Crippen LogP contribution is -2.52. The van der Waals surface area contributed by atoms with Crippen molar-refractivity contribution in [1.82, 2.24) is 24.3 Å². The van der Waals surface area contributed by atoms with Crippen molar-refractivity contribution in [2.24, 2.45) is 5.73 Å². The minimum atomic E-state index is -0.595. The molecule has 9 nitrogen and oxygen atoms in total. The average molecular weight is 435 g/mol. The van der Waals surface area contributed by atoms with Crippen LogP contribution in [0.4, 0.5) is 0 Å². The van der Waals surface area contributed by atoms with Crippen LogP contribution in [-0.2, 0) is 11.0 Å². The molecular weight excluding hydrogens is 406 g/mol. The minimum absolute atomic E-state index is 0.184. The molecule has 0 saturated carbocycles. The van der Waals surface area contributed by atoms with Gasteiger partial charge in [0.15, 0.2) is 0 Å². The summed E-state index contributed by atoms with van der Waals surface area (Å²) < 4.78 is 5.35. The quantitative estimate of drug-likeness (QED) is 0.477. The van der Waals surface area contributed by atoms with Crippen LogP contribution in [0.25, 0.3) is 11.3 Å². The van der Waals surface area contributed by atoms with Gasteiger partial charge in [-0.3, -0.25) is 14.0 Å². The molecule has 4 rings (SSSR count). The van der Waals surface area contributed by atoms with Gasteiger partial charge in [-0.1, -0.05) is 30.4 Å². The number of hydrogen-bond donors (Lipinski definition) is 2. The fraction of sp³-hybridized carbons (Fsp3) is 0.348. The molecule has 3 N–H and O–H groups in total. The summed E-state index contributed by atoms with van der Waals surface area (Å²) in [6.45, 7) is 10.3. The summed E-state index contributed by atoms with van der Waals surface area (Å²) in [6.07, 6.45) is 5.17. The number of amides is 2. The van der Waals surface area contributed by atoms with Gasteiger partial charge in [0.2, 0.25) is 0 Å². The van der Waals surface area contributed by atoms with Crippen molar-refractivity contribution in [3.63, 3.8) is 0 Å². The van der Waals surface area contributed by atoms with Gasteiger partial charge in [-0.25, -0.2) is 9.55 Å². The third kappa shape index (κ3) is 3.30. The monoisotopic (exact) mass is 434 g/mol. The van der Waals surface area contributed by atoms with Gasteiger partial charge in [-0.2, -0.15) is 0 Å². The molecule has 0 aliphatic heterocycles. The van der Waals surface area contributed by atoms with Gasteiger partial charge >= 0.3 is 5.65 Å². The SMILES string of the molecule is CNC(=O)c1cnc2ccc(C(C)(C)[n+]3cc(C(N)=O)n4nc(C(C)(C)C)ccc43)cn12. The second-order valence-electron chi connectivity index (χ2n) is 9.41. The van der Waals surface area contributed by atoms with Crippen LogP contribution in [0.1, 0.15) is 66.9 Å². The third-order valence-electron chi connectivity index (χ3n) is 5.84. The Morgan fingerprint density at radius 1 is 1.06 bits per heavy atom. The highest BCUT2D eigenvalue weighted by Gasteiger charge is 2.35. The predicted molar refractivity (Wildman–Crippen MR) is 120 cm³/mol. The number of carbonyl (C=O) groups excluding carboxylic acids is 2. The first-order valence-corrected chi connectivity index (χ1v) is 10.4. The van der Waals surface area contributed by atoms with Crippen molar-refractivity contribution in [3.8, 4) is 0 Å². The first kappa shape index (κ1) is 21.5. The van der Waals surface area contributed by atoms with E-state index in [2.05, 4.69) is 31.1 Å². The van der Waals surface area contributed by atoms with Crippen molar-refractivity contribution in [2.75, 3.05) is 7.05 Å². The van der Waals surface area contributed by atoms with Crippen molar-refractivity contribution < 1.29 is 14.2 Å². The van der Waals surface area contributed by atoms with Crippen LogP contribution in [-0.4, -0.2) is 37.9 Å². The zero-order valence-electron chi connectivity index (χ0n) is 19.2. The highest BCUT2D eigenvalue weighted by atomic mass is 16.2. The van der Waals surface area contributed by atoms with Gasteiger partial charge < -0.3 is 11.1 Å². The van der Waals surface area contributed by atoms with E-state index in [0.29, 0.717) is 17.0 Å². The van der Waals surface area contributed by atoms with Crippen LogP contribution in [0.15, 0.2) is 42.9 Å². The Labute approximate surface area is 185 Å². The van der Waals surface area contributed by atoms with Gasteiger partial charge in [-0.15, -0.1) is 0 Å². The van der Waals surface area contributed by atoms with Crippen LogP contribution in [0.5, 0.6) is 0 Å². The second kappa shape index (κ2) is 7.15. The number of carbonyl (C=O) groups is 2. The van der Waals surface area contributed by atoms with Gasteiger partial charge in [0, 0.05) is 30.3 Å². The van der Waals surface area contributed by atoms with Gasteiger partial charge in [0.25, 0.3) is 17.5 Å². The number of primary amides is 1. The number of nitrogens with two attached hydrogens (primary N) is 1. The normalized spacial score (nSPS) is 12.4. The molecule has 0 aliphatic carbocycles. The molecular formula is C23H28N7O2+. The number of aromatic nitrogens is 5. The summed E-state index contributed by atoms with van der Waals surface area (Å²) in [6, 6.07) is 7.75. The first-order chi connectivity index (χ1) is 14.9. The second-order valence-corrected chi connectivity index (χ2v) is 9.41. The molecule has 4 aromatic rings. The third-order valence-corrected chi connectivity index (χ3v) is 5.84. The van der Waals surface area contributed by atoms with E-state index >= 15 is 0 Å². The molecule has 166 valence electrons. The van der Waals surface area contributed by atoms with E-state index in [1.54, 1.807) is 28.4 Å². The maximum atomic E-state index is 12.2. The van der Waals surface area contributed by atoms with E-state index in [1.165, 1.54) is 0 Å². The smallest absolute Gasteiger partial charge is 0.308 e. The molecule has 0 unspecified atom stereocenters. The zero-order valence-corrected chi connectivity index (χ0v) is 19.2. The molecule has 2 amide bonds. The van der Waals surface area contributed by atoms with Crippen molar-refractivity contribution in [1.29, 1.82) is 0 Å². The number of fused-ring (bicyclic) bond motifs is 2. The maximum absolute atomic E-state index is 12.2. The molecule has 0 atom stereocenters. The Balaban J connectivity index is 1.93. The summed E-state index contributed by atoms with van der Waals surface area (Å²) in [5.74, 6) is -0.774. The number of pyridine rings is 1. The van der Waals surface area contributed by atoms with Gasteiger partial charge in [0.1, 0.15) is 23.1 Å². The average Bonchev–Trinajstić information content (AvgIpc) is 3.33. The Morgan fingerprint density at radius 2 is 1.78 bits per heavy atom. The molecule has 4 aromatic heterocycles. The van der Waals surface area contributed by atoms with Crippen molar-refractivity contribution in [2.45, 2.75) is 45.6 Å². The number of hydrogen-bond acceptors (Lipinski definition) is 4. The molecule has 9 heteroatoms. The van der Waals surface area contributed by atoms with E-state index in [-0.39, 0.29) is 11.3 Å². The lowest BCUT2D eigenvalue weighted by molar-refractivity contribution is -0.723. The number of nitrogens with zero attached hydrogens (tertiary/aromatic N) is 5. The molecule has 0 radical (unpaired) electrons. The summed E-state index contributed by atoms with van der Waals surface area (Å²) in [5.41, 5.74) is 8.83. The topological polar surface area (TPSA) is 111 Å². The number of nitrogens with one attached hydrogen (secondary N) is 1. The van der Waals surface area contributed by atoms with E-state index in [4.69, 9.17) is 10.8 Å². The van der Waals surface area contributed by atoms with Crippen LogP contribution in [0.2, 0.25) is 0 Å². The highest BCUT2D eigenvalue weighted by Crippen LogP contribution is 2.25. The molecule has 0 aliphatic rings. The summed E-state index contributed by atoms with van der Waals surface area (Å²) in [5, 5.41) is 7.35. The Hall–Kier alpha value is -3.75. The van der Waals surface area contributed by atoms with E-state index in [1.807, 2.05) is 48.9 Å². The Kier molecular flexibility index (Phi) is 4.80. The first-order valence-electron chi connectivity index (χ1n) is 10.4. The Morgan fingerprint density at radius 3 is 2.41 bits per heavy atom. The summed E-state index contributed by atoms with van der Waals surface area (Å²) >= 11 is 0. The lowest BCUT2D eigenvalue weighted by Gasteiger charge is -2.23. The standard InChI is InChI=1S/C23H27N7O2/c1-22(2,3)17-8-10-19-29(13-16(20(24)31)30(19)27-17)23(4,5)14-7-9-18-26-11-15(21(32)25-6)28(18)12-14/h7-13H,1-6H3,(H2-,24,25,31,32)/p+1. The van der Waals surface area contributed by atoms with Gasteiger partial charge in [-0.05, 0) is 32.0 Å². The zero-order chi connectivity index (χ0) is 23.4. The molecule has 0 bridgehead atoms. The van der Waals surface area contributed by atoms with Crippen LogP contribution in [0, 0.1) is 0 Å². The lowest BCUT2D eigenvalue weighted by atomic mass is 9.92. The molecule has 32 heavy (non-hydrogen) atoms. The number of rotatable bonds is 4. The predicted octanol–water partition coefficient (Wildman–Crippen LogP) is 1.81. The largest absolute Gasteiger partial charge is 0.362 e. The Bertz CT molecular complexity index is 1370. The van der Waals surface area contributed by atoms with E-state index in [9.17, 15) is 9.59 Å². The van der Waals surface area contributed by atoms with Crippen LogP contribution >= 0.6 is 0 Å². The summed E-state index contributed by atoms with van der Waals surface area (Å²) in [7, 11) is 1.59. The van der Waals surface area contributed by atoms with E-state index < -0.39 is 11.4 Å².